The molecule has 2 aromatic rings. The zero-order valence-corrected chi connectivity index (χ0v) is 9.58. The lowest BCUT2D eigenvalue weighted by Gasteiger charge is -2.07. The van der Waals surface area contributed by atoms with E-state index < -0.39 is 5.82 Å². The fourth-order valence-corrected chi connectivity index (χ4v) is 1.68. The van der Waals surface area contributed by atoms with Gasteiger partial charge in [-0.2, -0.15) is 0 Å². The van der Waals surface area contributed by atoms with Gasteiger partial charge in [-0.25, -0.2) is 8.78 Å². The maximum absolute atomic E-state index is 13.3. The van der Waals surface area contributed by atoms with E-state index in [9.17, 15) is 8.78 Å². The molecule has 0 aliphatic carbocycles. The van der Waals surface area contributed by atoms with Crippen LogP contribution in [0.25, 0.3) is 0 Å². The van der Waals surface area contributed by atoms with E-state index in [-0.39, 0.29) is 5.82 Å². The number of rotatable bonds is 4. The summed E-state index contributed by atoms with van der Waals surface area (Å²) in [6, 6.07) is 7.41. The third kappa shape index (κ3) is 2.91. The van der Waals surface area contributed by atoms with Gasteiger partial charge in [0.25, 0.3) is 0 Å². The molecule has 1 aromatic carbocycles. The molecule has 4 heteroatoms. The summed E-state index contributed by atoms with van der Waals surface area (Å²) in [5, 5.41) is 3.09. The maximum atomic E-state index is 13.3. The number of aromatic nitrogens is 1. The van der Waals surface area contributed by atoms with Crippen molar-refractivity contribution in [1.29, 1.82) is 0 Å². The average molecular weight is 236 g/mol. The van der Waals surface area contributed by atoms with Gasteiger partial charge in [0.05, 0.1) is 0 Å². The van der Waals surface area contributed by atoms with Crippen LogP contribution < -0.4 is 5.32 Å². The molecule has 0 saturated heterocycles. The standard InChI is InChI=1S/C13H14F2N2/c1-17-6-2-3-12(17)9-16-8-10-7-11(14)4-5-13(10)15/h2-7,16H,8-9H2,1H3. The molecule has 90 valence electrons. The monoisotopic (exact) mass is 236 g/mol. The van der Waals surface area contributed by atoms with E-state index in [0.717, 1.165) is 17.8 Å². The summed E-state index contributed by atoms with van der Waals surface area (Å²) >= 11 is 0. The van der Waals surface area contributed by atoms with E-state index in [1.54, 1.807) is 0 Å². The number of hydrogen-bond donors (Lipinski definition) is 1. The second-order valence-electron chi connectivity index (χ2n) is 3.95. The summed E-state index contributed by atoms with van der Waals surface area (Å²) in [6.07, 6.45) is 1.94. The van der Waals surface area contributed by atoms with Crippen molar-refractivity contribution in [3.63, 3.8) is 0 Å². The third-order valence-electron chi connectivity index (χ3n) is 2.68. The van der Waals surface area contributed by atoms with E-state index in [1.165, 1.54) is 6.07 Å². The smallest absolute Gasteiger partial charge is 0.127 e. The first-order valence-corrected chi connectivity index (χ1v) is 5.41. The Morgan fingerprint density at radius 3 is 2.71 bits per heavy atom. The second kappa shape index (κ2) is 5.10. The lowest BCUT2D eigenvalue weighted by atomic mass is 10.2. The van der Waals surface area contributed by atoms with E-state index in [1.807, 2.05) is 29.9 Å². The molecule has 0 atom stereocenters. The Morgan fingerprint density at radius 2 is 2.00 bits per heavy atom. The van der Waals surface area contributed by atoms with Gasteiger partial charge < -0.3 is 9.88 Å². The molecule has 0 bridgehead atoms. The lowest BCUT2D eigenvalue weighted by molar-refractivity contribution is 0.564. The third-order valence-corrected chi connectivity index (χ3v) is 2.68. The van der Waals surface area contributed by atoms with Crippen molar-refractivity contribution < 1.29 is 8.78 Å². The fourth-order valence-electron chi connectivity index (χ4n) is 1.68. The van der Waals surface area contributed by atoms with Crippen LogP contribution in [0.3, 0.4) is 0 Å². The Kier molecular flexibility index (Phi) is 3.54. The van der Waals surface area contributed by atoms with Gasteiger partial charge in [0.1, 0.15) is 11.6 Å². The van der Waals surface area contributed by atoms with Crippen molar-refractivity contribution in [2.75, 3.05) is 0 Å². The summed E-state index contributed by atoms with van der Waals surface area (Å²) in [7, 11) is 1.94. The van der Waals surface area contributed by atoms with Crippen molar-refractivity contribution in [1.82, 2.24) is 9.88 Å². The zero-order chi connectivity index (χ0) is 12.3. The number of hydrogen-bond acceptors (Lipinski definition) is 1. The van der Waals surface area contributed by atoms with Crippen LogP contribution in [0.4, 0.5) is 8.78 Å². The fraction of sp³-hybridized carbons (Fsp3) is 0.231. The SMILES string of the molecule is Cn1cccc1CNCc1cc(F)ccc1F. The first-order chi connectivity index (χ1) is 8.16. The summed E-state index contributed by atoms with van der Waals surface area (Å²) in [5.41, 5.74) is 1.45. The molecule has 0 spiro atoms. The molecule has 0 aliphatic rings. The summed E-state index contributed by atoms with van der Waals surface area (Å²) in [4.78, 5) is 0. The van der Waals surface area contributed by atoms with Crippen LogP contribution in [-0.4, -0.2) is 4.57 Å². The number of aryl methyl sites for hydroxylation is 1. The van der Waals surface area contributed by atoms with Crippen molar-refractivity contribution in [3.05, 3.63) is 59.4 Å². The van der Waals surface area contributed by atoms with Crippen molar-refractivity contribution in [2.45, 2.75) is 13.1 Å². The minimum Gasteiger partial charge on any atom is -0.353 e. The van der Waals surface area contributed by atoms with Crippen molar-refractivity contribution in [2.24, 2.45) is 7.05 Å². The first-order valence-electron chi connectivity index (χ1n) is 5.41. The highest BCUT2D eigenvalue weighted by Crippen LogP contribution is 2.09. The van der Waals surface area contributed by atoms with Crippen LogP contribution in [0, 0.1) is 11.6 Å². The molecule has 1 N–H and O–H groups in total. The van der Waals surface area contributed by atoms with Gasteiger partial charge in [0, 0.05) is 37.6 Å². The number of nitrogens with one attached hydrogen (secondary N) is 1. The molecule has 2 nitrogen and oxygen atoms in total. The first kappa shape index (κ1) is 11.8. The highest BCUT2D eigenvalue weighted by atomic mass is 19.1. The molecule has 0 saturated carbocycles. The Bertz CT molecular complexity index is 506. The highest BCUT2D eigenvalue weighted by molar-refractivity contribution is 5.18. The molecular weight excluding hydrogens is 222 g/mol. The Labute approximate surface area is 98.9 Å². The minimum atomic E-state index is -0.415. The Morgan fingerprint density at radius 1 is 1.18 bits per heavy atom. The molecule has 0 unspecified atom stereocenters. The molecule has 0 radical (unpaired) electrons. The molecule has 2 rings (SSSR count). The van der Waals surface area contributed by atoms with Crippen LogP contribution in [0.1, 0.15) is 11.3 Å². The van der Waals surface area contributed by atoms with Crippen molar-refractivity contribution in [3.8, 4) is 0 Å². The Balaban J connectivity index is 1.94. The summed E-state index contributed by atoms with van der Waals surface area (Å²) < 4.78 is 28.2. The van der Waals surface area contributed by atoms with E-state index in [4.69, 9.17) is 0 Å². The van der Waals surface area contributed by atoms with Crippen LogP contribution >= 0.6 is 0 Å². The van der Waals surface area contributed by atoms with Gasteiger partial charge in [0.2, 0.25) is 0 Å². The normalized spacial score (nSPS) is 10.8. The van der Waals surface area contributed by atoms with Gasteiger partial charge in [-0.15, -0.1) is 0 Å². The molecule has 0 amide bonds. The zero-order valence-electron chi connectivity index (χ0n) is 9.58. The van der Waals surface area contributed by atoms with Gasteiger partial charge in [-0.3, -0.25) is 0 Å². The number of nitrogens with zero attached hydrogens (tertiary/aromatic N) is 1. The Hall–Kier alpha value is -1.68. The average Bonchev–Trinajstić information content (AvgIpc) is 2.70. The van der Waals surface area contributed by atoms with Gasteiger partial charge in [0.15, 0.2) is 0 Å². The van der Waals surface area contributed by atoms with E-state index in [0.29, 0.717) is 18.7 Å². The number of halogens is 2. The predicted octanol–water partition coefficient (Wildman–Crippen LogP) is 2.59. The number of benzene rings is 1. The van der Waals surface area contributed by atoms with Crippen LogP contribution in [-0.2, 0) is 20.1 Å². The largest absolute Gasteiger partial charge is 0.353 e. The highest BCUT2D eigenvalue weighted by Gasteiger charge is 2.03. The van der Waals surface area contributed by atoms with Crippen LogP contribution in [0.2, 0.25) is 0 Å². The maximum Gasteiger partial charge on any atom is 0.127 e. The van der Waals surface area contributed by atoms with Gasteiger partial charge >= 0.3 is 0 Å². The molecule has 1 aromatic heterocycles. The summed E-state index contributed by atoms with van der Waals surface area (Å²) in [5.74, 6) is -0.798. The van der Waals surface area contributed by atoms with Crippen LogP contribution in [0.15, 0.2) is 36.5 Å². The predicted molar refractivity (Wildman–Crippen MR) is 62.3 cm³/mol. The molecule has 1 heterocycles. The summed E-state index contributed by atoms with van der Waals surface area (Å²) in [6.45, 7) is 0.939. The molecule has 17 heavy (non-hydrogen) atoms. The van der Waals surface area contributed by atoms with Crippen LogP contribution in [0.5, 0.6) is 0 Å². The quantitative estimate of drug-likeness (QED) is 0.863. The molecular formula is C13H14F2N2. The van der Waals surface area contributed by atoms with E-state index >= 15 is 0 Å². The van der Waals surface area contributed by atoms with E-state index in [2.05, 4.69) is 5.32 Å². The molecule has 0 aliphatic heterocycles. The minimum absolute atomic E-state index is 0.314. The van der Waals surface area contributed by atoms with Crippen molar-refractivity contribution >= 4 is 0 Å². The second-order valence-corrected chi connectivity index (χ2v) is 3.95. The topological polar surface area (TPSA) is 17.0 Å². The lowest BCUT2D eigenvalue weighted by Crippen LogP contribution is -2.15. The van der Waals surface area contributed by atoms with Gasteiger partial charge in [-0.1, -0.05) is 0 Å². The van der Waals surface area contributed by atoms with Gasteiger partial charge in [-0.05, 0) is 30.3 Å². The molecule has 0 fully saturated rings.